The molecule has 2 rings (SSSR count). The molecule has 0 saturated heterocycles. The Morgan fingerprint density at radius 2 is 2.00 bits per heavy atom. The molecule has 5 nitrogen and oxygen atoms in total. The quantitative estimate of drug-likeness (QED) is 0.862. The molecular weight excluding hydrogens is 292 g/mol. The van der Waals surface area contributed by atoms with Crippen LogP contribution in [0.4, 0.5) is 10.5 Å². The maximum absolute atomic E-state index is 11.8. The Bertz CT molecular complexity index is 525. The van der Waals surface area contributed by atoms with Gasteiger partial charge in [0.1, 0.15) is 11.4 Å². The largest absolute Gasteiger partial charge is 0.494 e. The normalized spacial score (nSPS) is 20.9. The lowest BCUT2D eigenvalue weighted by Crippen LogP contribution is -2.38. The summed E-state index contributed by atoms with van der Waals surface area (Å²) in [5.41, 5.74) is 0.596. The van der Waals surface area contributed by atoms with Crippen LogP contribution in [0.2, 0.25) is 0 Å². The smallest absolute Gasteiger partial charge is 0.407 e. The molecule has 2 N–H and O–H groups in total. The van der Waals surface area contributed by atoms with Crippen LogP contribution in [0.25, 0.3) is 0 Å². The van der Waals surface area contributed by atoms with Gasteiger partial charge >= 0.3 is 6.09 Å². The number of rotatable bonds is 5. The third kappa shape index (κ3) is 6.00. The van der Waals surface area contributed by atoms with Crippen LogP contribution >= 0.6 is 0 Å². The number of hydrogen-bond acceptors (Lipinski definition) is 4. The summed E-state index contributed by atoms with van der Waals surface area (Å²) in [5, 5.41) is 6.48. The molecule has 0 aliphatic heterocycles. The summed E-state index contributed by atoms with van der Waals surface area (Å²) in [6.45, 7) is 8.25. The second-order valence-electron chi connectivity index (χ2n) is 6.96. The zero-order chi connectivity index (χ0) is 16.9. The van der Waals surface area contributed by atoms with Gasteiger partial charge in [-0.1, -0.05) is 6.07 Å². The first-order chi connectivity index (χ1) is 10.9. The maximum Gasteiger partial charge on any atom is 0.407 e. The third-order valence-electron chi connectivity index (χ3n) is 3.67. The van der Waals surface area contributed by atoms with Crippen LogP contribution in [0, 0.1) is 0 Å². The van der Waals surface area contributed by atoms with Crippen molar-refractivity contribution < 1.29 is 14.3 Å². The number of amides is 1. The van der Waals surface area contributed by atoms with Crippen LogP contribution in [-0.4, -0.2) is 30.4 Å². The van der Waals surface area contributed by atoms with Gasteiger partial charge in [0.05, 0.1) is 6.61 Å². The Morgan fingerprint density at radius 3 is 2.70 bits per heavy atom. The van der Waals surface area contributed by atoms with Gasteiger partial charge in [0.2, 0.25) is 0 Å². The van der Waals surface area contributed by atoms with Crippen molar-refractivity contribution in [1.82, 2.24) is 5.32 Å². The number of nitrogens with one attached hydrogen (secondary N) is 2. The summed E-state index contributed by atoms with van der Waals surface area (Å²) < 4.78 is 10.8. The van der Waals surface area contributed by atoms with E-state index in [1.54, 1.807) is 0 Å². The molecule has 0 spiro atoms. The van der Waals surface area contributed by atoms with Crippen molar-refractivity contribution in [2.45, 2.75) is 64.6 Å². The molecule has 5 heteroatoms. The number of anilines is 1. The van der Waals surface area contributed by atoms with Crippen LogP contribution in [-0.2, 0) is 4.74 Å². The number of benzene rings is 1. The molecule has 1 fully saturated rings. The molecule has 0 aromatic heterocycles. The minimum Gasteiger partial charge on any atom is -0.494 e. The van der Waals surface area contributed by atoms with Gasteiger partial charge in [0.25, 0.3) is 0 Å². The van der Waals surface area contributed by atoms with E-state index in [2.05, 4.69) is 10.6 Å². The Kier molecular flexibility index (Phi) is 5.74. The van der Waals surface area contributed by atoms with Gasteiger partial charge in [0.15, 0.2) is 0 Å². The summed E-state index contributed by atoms with van der Waals surface area (Å²) in [6, 6.07) is 8.51. The molecule has 0 radical (unpaired) electrons. The van der Waals surface area contributed by atoms with Crippen molar-refractivity contribution in [2.75, 3.05) is 11.9 Å². The lowest BCUT2D eigenvalue weighted by molar-refractivity contribution is 0.0505. The van der Waals surface area contributed by atoms with E-state index < -0.39 is 5.60 Å². The van der Waals surface area contributed by atoms with E-state index >= 15 is 0 Å². The molecule has 23 heavy (non-hydrogen) atoms. The van der Waals surface area contributed by atoms with E-state index in [0.717, 1.165) is 30.7 Å². The Labute approximate surface area is 138 Å². The number of ether oxygens (including phenoxy) is 2. The third-order valence-corrected chi connectivity index (χ3v) is 3.67. The van der Waals surface area contributed by atoms with E-state index in [1.165, 1.54) is 0 Å². The van der Waals surface area contributed by atoms with Crippen LogP contribution in [0.1, 0.15) is 47.0 Å². The van der Waals surface area contributed by atoms with Gasteiger partial charge in [0, 0.05) is 23.8 Å². The van der Waals surface area contributed by atoms with E-state index in [1.807, 2.05) is 52.0 Å². The van der Waals surface area contributed by atoms with Gasteiger partial charge in [-0.15, -0.1) is 0 Å². The first-order valence-electron chi connectivity index (χ1n) is 8.34. The lowest BCUT2D eigenvalue weighted by Gasteiger charge is -2.22. The average Bonchev–Trinajstić information content (AvgIpc) is 2.84. The van der Waals surface area contributed by atoms with Crippen LogP contribution in [0.5, 0.6) is 5.75 Å². The van der Waals surface area contributed by atoms with Crippen molar-refractivity contribution in [3.05, 3.63) is 24.3 Å². The zero-order valence-electron chi connectivity index (χ0n) is 14.5. The van der Waals surface area contributed by atoms with Gasteiger partial charge in [-0.2, -0.15) is 0 Å². The standard InChI is InChI=1S/C18H28N2O3/c1-5-22-16-8-6-7-13(12-16)19-14-9-10-15(11-14)20-17(21)23-18(2,3)4/h6-8,12,14-15,19H,5,9-11H2,1-4H3,(H,20,21). The van der Waals surface area contributed by atoms with Gasteiger partial charge in [-0.3, -0.25) is 0 Å². The molecule has 1 aromatic carbocycles. The molecule has 1 saturated carbocycles. The van der Waals surface area contributed by atoms with Crippen molar-refractivity contribution in [2.24, 2.45) is 0 Å². The van der Waals surface area contributed by atoms with Gasteiger partial charge in [-0.05, 0) is 59.1 Å². The molecule has 1 aromatic rings. The fourth-order valence-corrected chi connectivity index (χ4v) is 2.80. The Morgan fingerprint density at radius 1 is 1.26 bits per heavy atom. The molecule has 0 heterocycles. The number of carbonyl (C=O) groups excluding carboxylic acids is 1. The summed E-state index contributed by atoms with van der Waals surface area (Å²) in [7, 11) is 0. The van der Waals surface area contributed by atoms with Crippen molar-refractivity contribution in [3.63, 3.8) is 0 Å². The highest BCUT2D eigenvalue weighted by molar-refractivity contribution is 5.68. The SMILES string of the molecule is CCOc1cccc(NC2CCC(NC(=O)OC(C)(C)C)C2)c1. The minimum atomic E-state index is -0.458. The highest BCUT2D eigenvalue weighted by Crippen LogP contribution is 2.25. The zero-order valence-corrected chi connectivity index (χ0v) is 14.5. The van der Waals surface area contributed by atoms with E-state index in [9.17, 15) is 4.79 Å². The fraction of sp³-hybridized carbons (Fsp3) is 0.611. The highest BCUT2D eigenvalue weighted by Gasteiger charge is 2.27. The molecule has 1 aliphatic rings. The lowest BCUT2D eigenvalue weighted by atomic mass is 10.2. The van der Waals surface area contributed by atoms with Crippen molar-refractivity contribution in [3.8, 4) is 5.75 Å². The molecule has 2 atom stereocenters. The van der Waals surface area contributed by atoms with Crippen LogP contribution < -0.4 is 15.4 Å². The first kappa shape index (κ1) is 17.4. The minimum absolute atomic E-state index is 0.164. The average molecular weight is 320 g/mol. The van der Waals surface area contributed by atoms with E-state index in [-0.39, 0.29) is 12.1 Å². The number of hydrogen-bond donors (Lipinski definition) is 2. The van der Waals surface area contributed by atoms with Gasteiger partial charge < -0.3 is 20.1 Å². The molecule has 128 valence electrons. The predicted octanol–water partition coefficient (Wildman–Crippen LogP) is 3.94. The Balaban J connectivity index is 1.81. The summed E-state index contributed by atoms with van der Waals surface area (Å²) in [4.78, 5) is 11.8. The monoisotopic (exact) mass is 320 g/mol. The first-order valence-corrected chi connectivity index (χ1v) is 8.34. The van der Waals surface area contributed by atoms with Crippen molar-refractivity contribution >= 4 is 11.8 Å². The van der Waals surface area contributed by atoms with E-state index in [4.69, 9.17) is 9.47 Å². The number of carbonyl (C=O) groups is 1. The summed E-state index contributed by atoms with van der Waals surface area (Å²) in [6.07, 6.45) is 2.56. The maximum atomic E-state index is 11.8. The number of alkyl carbamates (subject to hydrolysis) is 1. The van der Waals surface area contributed by atoms with Crippen LogP contribution in [0.15, 0.2) is 24.3 Å². The Hall–Kier alpha value is -1.91. The second-order valence-corrected chi connectivity index (χ2v) is 6.96. The summed E-state index contributed by atoms with van der Waals surface area (Å²) in [5.74, 6) is 0.874. The molecule has 0 bridgehead atoms. The highest BCUT2D eigenvalue weighted by atomic mass is 16.6. The fourth-order valence-electron chi connectivity index (χ4n) is 2.80. The molecule has 1 amide bonds. The predicted molar refractivity (Wildman–Crippen MR) is 92.0 cm³/mol. The topological polar surface area (TPSA) is 59.6 Å². The van der Waals surface area contributed by atoms with Gasteiger partial charge in [-0.25, -0.2) is 4.79 Å². The summed E-state index contributed by atoms with van der Waals surface area (Å²) >= 11 is 0. The van der Waals surface area contributed by atoms with Crippen LogP contribution in [0.3, 0.4) is 0 Å². The second kappa shape index (κ2) is 7.57. The molecular formula is C18H28N2O3. The van der Waals surface area contributed by atoms with E-state index in [0.29, 0.717) is 12.6 Å². The molecule has 2 unspecified atom stereocenters. The molecule has 1 aliphatic carbocycles. The van der Waals surface area contributed by atoms with Crippen molar-refractivity contribution in [1.29, 1.82) is 0 Å².